The van der Waals surface area contributed by atoms with Gasteiger partial charge in [-0.05, 0) is 48.1 Å². The van der Waals surface area contributed by atoms with Crippen LogP contribution in [0, 0.1) is 5.41 Å². The molecule has 5 nitrogen and oxygen atoms in total. The summed E-state index contributed by atoms with van der Waals surface area (Å²) in [5, 5.41) is 3.52. The Balaban J connectivity index is 1.89. The quantitative estimate of drug-likeness (QED) is 0.586. The van der Waals surface area contributed by atoms with Crippen molar-refractivity contribution in [1.29, 1.82) is 0 Å². The summed E-state index contributed by atoms with van der Waals surface area (Å²) in [6.45, 7) is 8.57. The van der Waals surface area contributed by atoms with Crippen LogP contribution in [0.2, 0.25) is 0 Å². The molecule has 1 aliphatic heterocycles. The number of rotatable bonds is 5. The molecule has 2 aliphatic rings. The first-order chi connectivity index (χ1) is 15.3. The number of Topliss-reactive ketones (excluding diaryl/α,β-unsaturated/α-hetero) is 1. The highest BCUT2D eigenvalue weighted by Gasteiger charge is 2.42. The fourth-order valence-corrected chi connectivity index (χ4v) is 4.76. The minimum Gasteiger partial charge on any atom is -0.494 e. The van der Waals surface area contributed by atoms with Crippen LogP contribution in [0.1, 0.15) is 65.0 Å². The molecule has 0 aromatic heterocycles. The standard InChI is InChI=1S/C27H32N2O3/c1-5-6-14-32-20-11-9-10-19(15-20)26-25-22(16-27(3,4)17-24(25)31)28-21-12-7-8-13-23(21)29(26)18(2)30/h7-13,15,26,28H,5-6,14,16-17H2,1-4H3/t26-/m1/s1. The number of hydrogen-bond acceptors (Lipinski definition) is 4. The third kappa shape index (κ3) is 4.29. The van der Waals surface area contributed by atoms with Crippen LogP contribution in [0.5, 0.6) is 5.75 Å². The third-order valence-corrected chi connectivity index (χ3v) is 6.18. The van der Waals surface area contributed by atoms with E-state index < -0.39 is 6.04 Å². The zero-order valence-electron chi connectivity index (χ0n) is 19.4. The topological polar surface area (TPSA) is 58.6 Å². The molecule has 4 rings (SSSR count). The number of ketones is 1. The molecule has 32 heavy (non-hydrogen) atoms. The Labute approximate surface area is 190 Å². The highest BCUT2D eigenvalue weighted by atomic mass is 16.5. The number of ether oxygens (including phenoxy) is 1. The highest BCUT2D eigenvalue weighted by molar-refractivity contribution is 6.05. The van der Waals surface area contributed by atoms with E-state index in [0.29, 0.717) is 18.6 Å². The van der Waals surface area contributed by atoms with Gasteiger partial charge >= 0.3 is 0 Å². The van der Waals surface area contributed by atoms with Gasteiger partial charge in [0.25, 0.3) is 0 Å². The van der Waals surface area contributed by atoms with Gasteiger partial charge in [0.1, 0.15) is 5.75 Å². The number of amides is 1. The summed E-state index contributed by atoms with van der Waals surface area (Å²) in [5.41, 5.74) is 3.96. The fourth-order valence-electron chi connectivity index (χ4n) is 4.76. The van der Waals surface area contributed by atoms with Gasteiger partial charge in [-0.2, -0.15) is 0 Å². The summed E-state index contributed by atoms with van der Waals surface area (Å²) in [4.78, 5) is 28.3. The van der Waals surface area contributed by atoms with Crippen LogP contribution in [0.15, 0.2) is 59.8 Å². The second-order valence-corrected chi connectivity index (χ2v) is 9.54. The minimum atomic E-state index is -0.503. The van der Waals surface area contributed by atoms with Crippen molar-refractivity contribution < 1.29 is 14.3 Å². The van der Waals surface area contributed by atoms with Gasteiger partial charge in [0.15, 0.2) is 5.78 Å². The summed E-state index contributed by atoms with van der Waals surface area (Å²) in [5.74, 6) is 0.744. The molecule has 1 N–H and O–H groups in total. The fraction of sp³-hybridized carbons (Fsp3) is 0.407. The van der Waals surface area contributed by atoms with Crippen molar-refractivity contribution in [2.75, 3.05) is 16.8 Å². The first-order valence-electron chi connectivity index (χ1n) is 11.5. The lowest BCUT2D eigenvalue weighted by Gasteiger charge is -2.36. The first-order valence-corrected chi connectivity index (χ1v) is 11.5. The van der Waals surface area contributed by atoms with Crippen LogP contribution >= 0.6 is 0 Å². The Morgan fingerprint density at radius 3 is 2.69 bits per heavy atom. The molecule has 0 bridgehead atoms. The van der Waals surface area contributed by atoms with Crippen molar-refractivity contribution in [3.63, 3.8) is 0 Å². The van der Waals surface area contributed by atoms with Crippen LogP contribution in [0.3, 0.4) is 0 Å². The molecule has 0 saturated heterocycles. The summed E-state index contributed by atoms with van der Waals surface area (Å²) >= 11 is 0. The number of allylic oxidation sites excluding steroid dienone is 1. The number of benzene rings is 2. The highest BCUT2D eigenvalue weighted by Crippen LogP contribution is 2.48. The Kier molecular flexibility index (Phi) is 6.09. The van der Waals surface area contributed by atoms with E-state index in [2.05, 4.69) is 26.1 Å². The second-order valence-electron chi connectivity index (χ2n) is 9.54. The van der Waals surface area contributed by atoms with Gasteiger partial charge in [-0.15, -0.1) is 0 Å². The lowest BCUT2D eigenvalue weighted by Crippen LogP contribution is -2.38. The predicted molar refractivity (Wildman–Crippen MR) is 128 cm³/mol. The van der Waals surface area contributed by atoms with E-state index in [1.807, 2.05) is 48.5 Å². The molecule has 0 fully saturated rings. The number of carbonyl (C=O) groups is 2. The van der Waals surface area contributed by atoms with E-state index in [4.69, 9.17) is 4.74 Å². The van der Waals surface area contributed by atoms with Crippen molar-refractivity contribution >= 4 is 23.1 Å². The van der Waals surface area contributed by atoms with Crippen molar-refractivity contribution in [3.8, 4) is 5.75 Å². The zero-order chi connectivity index (χ0) is 22.9. The monoisotopic (exact) mass is 432 g/mol. The average Bonchev–Trinajstić information content (AvgIpc) is 2.87. The molecule has 2 aromatic rings. The van der Waals surface area contributed by atoms with Crippen molar-refractivity contribution in [3.05, 3.63) is 65.4 Å². The number of unbranched alkanes of at least 4 members (excludes halogenated alkanes) is 1. The molecule has 168 valence electrons. The van der Waals surface area contributed by atoms with Gasteiger partial charge < -0.3 is 10.1 Å². The molecule has 5 heteroatoms. The lowest BCUT2D eigenvalue weighted by atomic mass is 9.73. The number of nitrogens with one attached hydrogen (secondary N) is 1. The number of hydrogen-bond donors (Lipinski definition) is 1. The molecule has 0 unspecified atom stereocenters. The second kappa shape index (κ2) is 8.81. The van der Waals surface area contributed by atoms with Crippen molar-refractivity contribution in [1.82, 2.24) is 0 Å². The maximum atomic E-state index is 13.5. The maximum absolute atomic E-state index is 13.5. The van der Waals surface area contributed by atoms with E-state index in [0.717, 1.165) is 47.6 Å². The molecule has 0 saturated carbocycles. The van der Waals surface area contributed by atoms with E-state index in [9.17, 15) is 9.59 Å². The van der Waals surface area contributed by atoms with Gasteiger partial charge in [0.2, 0.25) is 5.91 Å². The summed E-state index contributed by atoms with van der Waals surface area (Å²) in [6.07, 6.45) is 3.24. The average molecular weight is 433 g/mol. The Morgan fingerprint density at radius 2 is 1.94 bits per heavy atom. The molecule has 1 aliphatic carbocycles. The molecule has 1 heterocycles. The number of carbonyl (C=O) groups excluding carboxylic acids is 2. The smallest absolute Gasteiger partial charge is 0.224 e. The van der Waals surface area contributed by atoms with Gasteiger partial charge in [-0.1, -0.05) is 51.5 Å². The van der Waals surface area contributed by atoms with Crippen LogP contribution in [0.25, 0.3) is 0 Å². The Morgan fingerprint density at radius 1 is 1.16 bits per heavy atom. The predicted octanol–water partition coefficient (Wildman–Crippen LogP) is 6.03. The van der Waals surface area contributed by atoms with Crippen molar-refractivity contribution in [2.24, 2.45) is 5.41 Å². The Hall–Kier alpha value is -3.08. The van der Waals surface area contributed by atoms with E-state index in [1.54, 1.807) is 11.8 Å². The molecule has 1 atom stereocenters. The molecule has 0 spiro atoms. The Bertz CT molecular complexity index is 1070. The molecular formula is C27H32N2O3. The maximum Gasteiger partial charge on any atom is 0.224 e. The van der Waals surface area contributed by atoms with Gasteiger partial charge in [0.05, 0.1) is 24.0 Å². The van der Waals surface area contributed by atoms with Crippen molar-refractivity contribution in [2.45, 2.75) is 59.4 Å². The van der Waals surface area contributed by atoms with Gasteiger partial charge in [-0.25, -0.2) is 0 Å². The van der Waals surface area contributed by atoms with Crippen LogP contribution in [0.4, 0.5) is 11.4 Å². The number of fused-ring (bicyclic) bond motifs is 1. The first kappa shape index (κ1) is 22.1. The number of anilines is 2. The van der Waals surface area contributed by atoms with E-state index in [1.165, 1.54) is 0 Å². The summed E-state index contributed by atoms with van der Waals surface area (Å²) in [6, 6.07) is 15.1. The zero-order valence-corrected chi connectivity index (χ0v) is 19.4. The van der Waals surface area contributed by atoms with Crippen LogP contribution in [-0.4, -0.2) is 18.3 Å². The normalized spacial score (nSPS) is 19.6. The van der Waals surface area contributed by atoms with Gasteiger partial charge in [0, 0.05) is 24.6 Å². The minimum absolute atomic E-state index is 0.0881. The molecule has 2 aromatic carbocycles. The molecule has 1 amide bonds. The van der Waals surface area contributed by atoms with Crippen LogP contribution in [-0.2, 0) is 9.59 Å². The van der Waals surface area contributed by atoms with E-state index >= 15 is 0 Å². The van der Waals surface area contributed by atoms with Gasteiger partial charge in [-0.3, -0.25) is 14.5 Å². The summed E-state index contributed by atoms with van der Waals surface area (Å²) < 4.78 is 5.95. The summed E-state index contributed by atoms with van der Waals surface area (Å²) in [7, 11) is 0. The number of para-hydroxylation sites is 2. The number of nitrogens with zero attached hydrogens (tertiary/aromatic N) is 1. The third-order valence-electron chi connectivity index (χ3n) is 6.18. The van der Waals surface area contributed by atoms with E-state index in [-0.39, 0.29) is 17.1 Å². The SMILES string of the molecule is CCCCOc1cccc([C@@H]2C3=C(CC(C)(C)CC3=O)Nc3ccccc3N2C(C)=O)c1. The largest absolute Gasteiger partial charge is 0.494 e. The van der Waals surface area contributed by atoms with Crippen LogP contribution < -0.4 is 15.0 Å². The lowest BCUT2D eigenvalue weighted by molar-refractivity contribution is -0.118. The molecular weight excluding hydrogens is 400 g/mol. The molecule has 0 radical (unpaired) electrons.